The molecule has 3 aliphatic heterocycles. The molecule has 3 aliphatic rings. The van der Waals surface area contributed by atoms with E-state index in [9.17, 15) is 9.18 Å². The van der Waals surface area contributed by atoms with E-state index in [1.54, 1.807) is 16.8 Å². The van der Waals surface area contributed by atoms with Crippen LogP contribution < -0.4 is 0 Å². The summed E-state index contributed by atoms with van der Waals surface area (Å²) < 4.78 is 15.1. The number of likely N-dealkylation sites (tertiary alicyclic amines) is 1. The van der Waals surface area contributed by atoms with Crippen LogP contribution in [0.3, 0.4) is 0 Å². The molecule has 32 heavy (non-hydrogen) atoms. The lowest BCUT2D eigenvalue weighted by molar-refractivity contribution is -0.137. The molecular weight excluding hydrogens is 427 g/mol. The largest absolute Gasteiger partial charge is 0.336 e. The van der Waals surface area contributed by atoms with Gasteiger partial charge in [0.2, 0.25) is 5.91 Å². The van der Waals surface area contributed by atoms with Crippen molar-refractivity contribution in [2.45, 2.75) is 37.4 Å². The number of carbonyl (C=O) groups excluding carboxylic acids is 1. The summed E-state index contributed by atoms with van der Waals surface area (Å²) in [6.07, 6.45) is 6.84. The van der Waals surface area contributed by atoms with Crippen molar-refractivity contribution in [3.8, 4) is 5.69 Å². The van der Waals surface area contributed by atoms with Gasteiger partial charge >= 0.3 is 0 Å². The first-order valence-corrected chi connectivity index (χ1v) is 11.5. The normalized spacial score (nSPS) is 27.2. The van der Waals surface area contributed by atoms with Crippen LogP contribution in [0.1, 0.15) is 36.4 Å². The van der Waals surface area contributed by atoms with Crippen molar-refractivity contribution in [2.75, 3.05) is 13.1 Å². The van der Waals surface area contributed by atoms with E-state index in [-0.39, 0.29) is 23.3 Å². The molecule has 1 amide bonds. The molecule has 7 heteroatoms. The zero-order chi connectivity index (χ0) is 21.9. The fourth-order valence-electron chi connectivity index (χ4n) is 6.13. The maximum Gasteiger partial charge on any atom is 0.243 e. The molecular formula is C25H24ClFN4O. The lowest BCUT2D eigenvalue weighted by Gasteiger charge is -2.33. The van der Waals surface area contributed by atoms with E-state index < -0.39 is 0 Å². The maximum atomic E-state index is 13.7. The van der Waals surface area contributed by atoms with Crippen LogP contribution in [0.2, 0.25) is 5.02 Å². The highest BCUT2D eigenvalue weighted by molar-refractivity contribution is 6.30. The minimum Gasteiger partial charge on any atom is -0.336 e. The predicted octanol–water partition coefficient (Wildman–Crippen LogP) is 4.60. The number of halogens is 2. The fourth-order valence-corrected chi connectivity index (χ4v) is 6.34. The van der Waals surface area contributed by atoms with Crippen molar-refractivity contribution in [2.24, 2.45) is 5.92 Å². The van der Waals surface area contributed by atoms with E-state index in [4.69, 9.17) is 11.6 Å². The number of benzene rings is 2. The van der Waals surface area contributed by atoms with Gasteiger partial charge in [-0.25, -0.2) is 9.07 Å². The van der Waals surface area contributed by atoms with Gasteiger partial charge in [0.05, 0.1) is 11.9 Å². The Morgan fingerprint density at radius 2 is 2.03 bits per heavy atom. The van der Waals surface area contributed by atoms with Gasteiger partial charge in [-0.15, -0.1) is 0 Å². The summed E-state index contributed by atoms with van der Waals surface area (Å²) in [5.41, 5.74) is 2.64. The molecule has 0 radical (unpaired) electrons. The van der Waals surface area contributed by atoms with Crippen LogP contribution in [0.25, 0.3) is 5.69 Å². The second-order valence-electron chi connectivity index (χ2n) is 9.18. The maximum absolute atomic E-state index is 13.7. The predicted molar refractivity (Wildman–Crippen MR) is 120 cm³/mol. The van der Waals surface area contributed by atoms with Crippen molar-refractivity contribution in [1.82, 2.24) is 19.6 Å². The van der Waals surface area contributed by atoms with Gasteiger partial charge < -0.3 is 4.90 Å². The average Bonchev–Trinajstić information content (AvgIpc) is 3.53. The molecule has 0 N–H and O–H groups in total. The summed E-state index contributed by atoms with van der Waals surface area (Å²) in [6, 6.07) is 14.3. The molecule has 164 valence electrons. The number of hydrogen-bond donors (Lipinski definition) is 0. The lowest BCUT2D eigenvalue weighted by atomic mass is 9.85. The topological polar surface area (TPSA) is 41.4 Å². The highest BCUT2D eigenvalue weighted by Gasteiger charge is 2.65. The van der Waals surface area contributed by atoms with Gasteiger partial charge in [-0.1, -0.05) is 23.7 Å². The molecule has 1 spiro atoms. The highest BCUT2D eigenvalue weighted by atomic mass is 35.5. The molecule has 3 atom stereocenters. The molecule has 5 nitrogen and oxygen atoms in total. The Morgan fingerprint density at radius 3 is 2.84 bits per heavy atom. The van der Waals surface area contributed by atoms with E-state index in [1.807, 2.05) is 41.6 Å². The monoisotopic (exact) mass is 450 g/mol. The third-order valence-corrected chi connectivity index (χ3v) is 7.70. The van der Waals surface area contributed by atoms with Crippen molar-refractivity contribution >= 4 is 17.5 Å². The Balaban J connectivity index is 1.25. The Kier molecular flexibility index (Phi) is 4.63. The Hall–Kier alpha value is -2.70. The molecule has 4 heterocycles. The summed E-state index contributed by atoms with van der Waals surface area (Å²) in [7, 11) is 0. The summed E-state index contributed by atoms with van der Waals surface area (Å²) in [4.78, 5) is 18.2. The van der Waals surface area contributed by atoms with Crippen molar-refractivity contribution in [3.05, 3.63) is 82.9 Å². The van der Waals surface area contributed by atoms with E-state index in [0.717, 1.165) is 49.2 Å². The molecule has 3 fully saturated rings. The smallest absolute Gasteiger partial charge is 0.243 e. The zero-order valence-corrected chi connectivity index (χ0v) is 18.4. The number of nitrogens with zero attached hydrogens (tertiary/aromatic N) is 4. The molecule has 0 bridgehead atoms. The molecule has 6 rings (SSSR count). The first-order valence-electron chi connectivity index (χ1n) is 11.2. The van der Waals surface area contributed by atoms with Gasteiger partial charge in [-0.2, -0.15) is 5.10 Å². The van der Waals surface area contributed by atoms with Crippen LogP contribution in [0.5, 0.6) is 0 Å². The average molecular weight is 451 g/mol. The van der Waals surface area contributed by atoms with Crippen molar-refractivity contribution in [3.63, 3.8) is 0 Å². The Labute approximate surface area is 191 Å². The molecule has 3 saturated heterocycles. The Morgan fingerprint density at radius 1 is 1.19 bits per heavy atom. The zero-order valence-electron chi connectivity index (χ0n) is 17.6. The second-order valence-corrected chi connectivity index (χ2v) is 9.62. The van der Waals surface area contributed by atoms with E-state index >= 15 is 0 Å². The van der Waals surface area contributed by atoms with Crippen LogP contribution in [0.15, 0.2) is 60.9 Å². The molecule has 2 aromatic carbocycles. The quantitative estimate of drug-likeness (QED) is 0.583. The first-order chi connectivity index (χ1) is 15.5. The van der Waals surface area contributed by atoms with E-state index in [2.05, 4.69) is 10.00 Å². The standard InChI is InChI=1S/C25H24ClFN4O/c26-20-4-1-3-17(11-20)14-29-16-19-12-23(30-10-2-9-25(19,30)24(29)32)18-13-28-31(15-18)22-7-5-21(27)6-8-22/h1,3-8,11,13,15,19,23H,2,9-10,12,14,16H2/t19-,23-,25-/m0/s1. The number of hydrogen-bond acceptors (Lipinski definition) is 3. The Bertz CT molecular complexity index is 1180. The van der Waals surface area contributed by atoms with Gasteiger partial charge in [0.25, 0.3) is 0 Å². The first kappa shape index (κ1) is 19.9. The minimum atomic E-state index is -0.388. The molecule has 0 aliphatic carbocycles. The summed E-state index contributed by atoms with van der Waals surface area (Å²) in [5, 5.41) is 5.23. The fraction of sp³-hybridized carbons (Fsp3) is 0.360. The van der Waals surface area contributed by atoms with Crippen LogP contribution in [0, 0.1) is 11.7 Å². The van der Waals surface area contributed by atoms with Gasteiger partial charge in [0, 0.05) is 41.8 Å². The number of amides is 1. The van der Waals surface area contributed by atoms with Crippen LogP contribution in [-0.2, 0) is 11.3 Å². The van der Waals surface area contributed by atoms with Crippen molar-refractivity contribution < 1.29 is 9.18 Å². The highest BCUT2D eigenvalue weighted by Crippen LogP contribution is 2.56. The lowest BCUT2D eigenvalue weighted by Crippen LogP contribution is -2.49. The van der Waals surface area contributed by atoms with Crippen LogP contribution >= 0.6 is 11.6 Å². The third-order valence-electron chi connectivity index (χ3n) is 7.47. The summed E-state index contributed by atoms with van der Waals surface area (Å²) >= 11 is 6.15. The molecule has 1 aromatic heterocycles. The number of aromatic nitrogens is 2. The third kappa shape index (κ3) is 3.00. The van der Waals surface area contributed by atoms with Gasteiger partial charge in [0.1, 0.15) is 11.4 Å². The van der Waals surface area contributed by atoms with Crippen molar-refractivity contribution in [1.29, 1.82) is 0 Å². The summed E-state index contributed by atoms with van der Waals surface area (Å²) in [5.74, 6) is 0.314. The van der Waals surface area contributed by atoms with Gasteiger partial charge in [-0.05, 0) is 67.8 Å². The van der Waals surface area contributed by atoms with Crippen LogP contribution in [-0.4, -0.2) is 44.1 Å². The molecule has 0 saturated carbocycles. The van der Waals surface area contributed by atoms with Gasteiger partial charge in [-0.3, -0.25) is 9.69 Å². The SMILES string of the molecule is O=C1N(Cc2cccc(Cl)c2)C[C@@H]2C[C@@H](c3cnn(-c4ccc(F)cc4)c3)N3CCC[C@@]123. The number of rotatable bonds is 4. The van der Waals surface area contributed by atoms with Crippen LogP contribution in [0.4, 0.5) is 4.39 Å². The van der Waals surface area contributed by atoms with Gasteiger partial charge in [0.15, 0.2) is 0 Å². The molecule has 0 unspecified atom stereocenters. The van der Waals surface area contributed by atoms with E-state index in [1.165, 1.54) is 12.1 Å². The molecule has 3 aromatic rings. The number of carbonyl (C=O) groups is 1. The summed E-state index contributed by atoms with van der Waals surface area (Å²) in [6.45, 7) is 2.32. The minimum absolute atomic E-state index is 0.189. The van der Waals surface area contributed by atoms with E-state index in [0.29, 0.717) is 17.5 Å². The second kappa shape index (κ2) is 7.42.